The number of hydrogen-bond acceptors (Lipinski definition) is 5. The normalized spacial score (nSPS) is 18.2. The average Bonchev–Trinajstić information content (AvgIpc) is 3.17. The van der Waals surface area contributed by atoms with Crippen molar-refractivity contribution in [1.82, 2.24) is 18.9 Å². The SMILES string of the molecule is CCS(=O)(=O)N1CCCC(c2nc3ccc(-c4cc(F)ccc4OC)cn3n2)C1. The number of hydrogen-bond donors (Lipinski definition) is 0. The van der Waals surface area contributed by atoms with Crippen LogP contribution in [0.4, 0.5) is 4.39 Å². The Balaban J connectivity index is 1.67. The molecule has 1 aliphatic heterocycles. The van der Waals surface area contributed by atoms with Crippen LogP contribution in [0.25, 0.3) is 16.8 Å². The molecule has 1 fully saturated rings. The Morgan fingerprint density at radius 1 is 1.28 bits per heavy atom. The molecular weight excluding hydrogens is 395 g/mol. The summed E-state index contributed by atoms with van der Waals surface area (Å²) in [5.41, 5.74) is 2.04. The van der Waals surface area contributed by atoms with Gasteiger partial charge in [-0.25, -0.2) is 26.6 Å². The Bertz CT molecular complexity index is 1150. The Hall–Kier alpha value is -2.52. The maximum atomic E-state index is 13.7. The van der Waals surface area contributed by atoms with Gasteiger partial charge in [0.2, 0.25) is 10.0 Å². The van der Waals surface area contributed by atoms with E-state index in [9.17, 15) is 12.8 Å². The molecule has 0 bridgehead atoms. The molecule has 29 heavy (non-hydrogen) atoms. The van der Waals surface area contributed by atoms with E-state index >= 15 is 0 Å². The predicted molar refractivity (Wildman–Crippen MR) is 108 cm³/mol. The summed E-state index contributed by atoms with van der Waals surface area (Å²) >= 11 is 0. The zero-order valence-electron chi connectivity index (χ0n) is 16.4. The van der Waals surface area contributed by atoms with Crippen molar-refractivity contribution in [3.63, 3.8) is 0 Å². The van der Waals surface area contributed by atoms with Crippen molar-refractivity contribution in [3.05, 3.63) is 48.2 Å². The number of nitrogens with zero attached hydrogens (tertiary/aromatic N) is 4. The van der Waals surface area contributed by atoms with Gasteiger partial charge in [-0.05, 0) is 50.1 Å². The maximum Gasteiger partial charge on any atom is 0.213 e. The van der Waals surface area contributed by atoms with E-state index in [-0.39, 0.29) is 17.5 Å². The number of methoxy groups -OCH3 is 1. The summed E-state index contributed by atoms with van der Waals surface area (Å²) in [5, 5.41) is 4.59. The number of pyridine rings is 1. The van der Waals surface area contributed by atoms with E-state index in [1.54, 1.807) is 30.8 Å². The molecule has 3 heterocycles. The summed E-state index contributed by atoms with van der Waals surface area (Å²) in [5.74, 6) is 0.900. The van der Waals surface area contributed by atoms with Crippen molar-refractivity contribution in [3.8, 4) is 16.9 Å². The fourth-order valence-corrected chi connectivity index (χ4v) is 4.91. The molecule has 2 aromatic heterocycles. The van der Waals surface area contributed by atoms with E-state index in [4.69, 9.17) is 4.74 Å². The van der Waals surface area contributed by atoms with Crippen molar-refractivity contribution >= 4 is 15.7 Å². The van der Waals surface area contributed by atoms with Crippen LogP contribution in [0.2, 0.25) is 0 Å². The fourth-order valence-electron chi connectivity index (χ4n) is 3.73. The highest BCUT2D eigenvalue weighted by atomic mass is 32.2. The minimum Gasteiger partial charge on any atom is -0.496 e. The van der Waals surface area contributed by atoms with Crippen LogP contribution >= 0.6 is 0 Å². The summed E-state index contributed by atoms with van der Waals surface area (Å²) < 4.78 is 46.7. The second-order valence-corrected chi connectivity index (χ2v) is 9.39. The zero-order chi connectivity index (χ0) is 20.6. The smallest absolute Gasteiger partial charge is 0.213 e. The number of sulfonamides is 1. The number of rotatable bonds is 5. The molecule has 1 saturated heterocycles. The molecule has 0 N–H and O–H groups in total. The van der Waals surface area contributed by atoms with E-state index < -0.39 is 10.0 Å². The number of halogens is 1. The van der Waals surface area contributed by atoms with Crippen molar-refractivity contribution in [2.75, 3.05) is 26.0 Å². The van der Waals surface area contributed by atoms with Gasteiger partial charge >= 0.3 is 0 Å². The van der Waals surface area contributed by atoms with Gasteiger partial charge < -0.3 is 4.74 Å². The van der Waals surface area contributed by atoms with Crippen LogP contribution < -0.4 is 4.74 Å². The van der Waals surface area contributed by atoms with Crippen molar-refractivity contribution < 1.29 is 17.5 Å². The van der Waals surface area contributed by atoms with Crippen LogP contribution in [0, 0.1) is 5.82 Å². The van der Waals surface area contributed by atoms with Crippen LogP contribution in [-0.4, -0.2) is 53.3 Å². The highest BCUT2D eigenvalue weighted by molar-refractivity contribution is 7.89. The van der Waals surface area contributed by atoms with Gasteiger partial charge in [-0.3, -0.25) is 0 Å². The molecule has 0 spiro atoms. The second kappa shape index (κ2) is 7.72. The molecule has 1 unspecified atom stereocenters. The third-order valence-electron chi connectivity index (χ3n) is 5.33. The van der Waals surface area contributed by atoms with Crippen LogP contribution in [0.1, 0.15) is 31.5 Å². The summed E-state index contributed by atoms with van der Waals surface area (Å²) in [6.07, 6.45) is 3.41. The van der Waals surface area contributed by atoms with Crippen LogP contribution in [0.5, 0.6) is 5.75 Å². The summed E-state index contributed by atoms with van der Waals surface area (Å²) in [4.78, 5) is 4.60. The first-order chi connectivity index (χ1) is 13.9. The predicted octanol–water partition coefficient (Wildman–Crippen LogP) is 3.07. The Kier molecular flexibility index (Phi) is 5.26. The lowest BCUT2D eigenvalue weighted by Gasteiger charge is -2.30. The quantitative estimate of drug-likeness (QED) is 0.636. The van der Waals surface area contributed by atoms with Crippen LogP contribution in [-0.2, 0) is 10.0 Å². The third-order valence-corrected chi connectivity index (χ3v) is 7.18. The highest BCUT2D eigenvalue weighted by Gasteiger charge is 2.30. The van der Waals surface area contributed by atoms with E-state index in [1.165, 1.54) is 16.4 Å². The number of ether oxygens (including phenoxy) is 1. The van der Waals surface area contributed by atoms with Gasteiger partial charge in [0.05, 0.1) is 12.9 Å². The van der Waals surface area contributed by atoms with Gasteiger partial charge in [0, 0.05) is 36.3 Å². The molecular formula is C20H23FN4O3S. The molecule has 1 aromatic carbocycles. The van der Waals surface area contributed by atoms with Gasteiger partial charge in [0.1, 0.15) is 11.6 Å². The van der Waals surface area contributed by atoms with E-state index in [1.807, 2.05) is 12.1 Å². The largest absolute Gasteiger partial charge is 0.496 e. The Labute approximate surface area is 169 Å². The number of aromatic nitrogens is 3. The summed E-state index contributed by atoms with van der Waals surface area (Å²) in [6, 6.07) is 8.03. The number of piperidine rings is 1. The molecule has 3 aromatic rings. The number of fused-ring (bicyclic) bond motifs is 1. The first kappa shape index (κ1) is 19.8. The Morgan fingerprint density at radius 3 is 2.86 bits per heavy atom. The molecule has 0 amide bonds. The monoisotopic (exact) mass is 418 g/mol. The fraction of sp³-hybridized carbons (Fsp3) is 0.400. The summed E-state index contributed by atoms with van der Waals surface area (Å²) in [7, 11) is -1.68. The lowest BCUT2D eigenvalue weighted by Crippen LogP contribution is -2.40. The van der Waals surface area contributed by atoms with E-state index in [2.05, 4.69) is 10.1 Å². The minimum absolute atomic E-state index is 0.0443. The lowest BCUT2D eigenvalue weighted by atomic mass is 9.99. The van der Waals surface area contributed by atoms with Gasteiger partial charge in [-0.2, -0.15) is 5.10 Å². The molecule has 4 rings (SSSR count). The lowest BCUT2D eigenvalue weighted by molar-refractivity contribution is 0.309. The van der Waals surface area contributed by atoms with Gasteiger partial charge in [-0.1, -0.05) is 0 Å². The minimum atomic E-state index is -3.23. The zero-order valence-corrected chi connectivity index (χ0v) is 17.2. The topological polar surface area (TPSA) is 76.8 Å². The van der Waals surface area contributed by atoms with Crippen molar-refractivity contribution in [2.24, 2.45) is 0 Å². The average molecular weight is 418 g/mol. The third kappa shape index (κ3) is 3.84. The maximum absolute atomic E-state index is 13.7. The Morgan fingerprint density at radius 2 is 2.10 bits per heavy atom. The van der Waals surface area contributed by atoms with Crippen molar-refractivity contribution in [1.29, 1.82) is 0 Å². The molecule has 1 atom stereocenters. The first-order valence-electron chi connectivity index (χ1n) is 9.59. The van der Waals surface area contributed by atoms with Crippen molar-refractivity contribution in [2.45, 2.75) is 25.7 Å². The van der Waals surface area contributed by atoms with E-state index in [0.29, 0.717) is 35.9 Å². The van der Waals surface area contributed by atoms with Crippen LogP contribution in [0.3, 0.4) is 0 Å². The molecule has 0 radical (unpaired) electrons. The molecule has 1 aliphatic rings. The van der Waals surface area contributed by atoms with Gasteiger partial charge in [-0.15, -0.1) is 0 Å². The van der Waals surface area contributed by atoms with Gasteiger partial charge in [0.15, 0.2) is 11.5 Å². The summed E-state index contributed by atoms with van der Waals surface area (Å²) in [6.45, 7) is 2.60. The second-order valence-electron chi connectivity index (χ2n) is 7.13. The van der Waals surface area contributed by atoms with Gasteiger partial charge in [0.25, 0.3) is 0 Å². The molecule has 0 saturated carbocycles. The number of benzene rings is 1. The molecule has 0 aliphatic carbocycles. The standard InChI is InChI=1S/C20H23FN4O3S/c1-3-29(26,27)24-10-4-5-15(12-24)20-22-19-9-6-14(13-25(19)23-20)17-11-16(21)7-8-18(17)28-2/h6-9,11,13,15H,3-5,10,12H2,1-2H3. The molecule has 7 nitrogen and oxygen atoms in total. The molecule has 9 heteroatoms. The first-order valence-corrected chi connectivity index (χ1v) is 11.2. The highest BCUT2D eigenvalue weighted by Crippen LogP contribution is 2.31. The molecule has 154 valence electrons. The van der Waals surface area contributed by atoms with E-state index in [0.717, 1.165) is 18.4 Å². The van der Waals surface area contributed by atoms with Crippen LogP contribution in [0.15, 0.2) is 36.5 Å².